The number of aliphatic carboxylic acids is 2. The normalized spacial score (nSPS) is 7.60. The predicted molar refractivity (Wildman–Crippen MR) is 37.0 cm³/mol. The molecule has 0 aliphatic rings. The van der Waals surface area contributed by atoms with Crippen LogP contribution in [-0.2, 0) is 9.59 Å². The Hall–Kier alpha value is 0.251. The zero-order valence-corrected chi connectivity index (χ0v) is 9.77. The second-order valence-corrected chi connectivity index (χ2v) is 1.48. The van der Waals surface area contributed by atoms with Gasteiger partial charge in [-0.05, 0) is 0 Å². The molecule has 0 unspecified atom stereocenters. The van der Waals surface area contributed by atoms with E-state index in [1.54, 1.807) is 0 Å². The topological polar surface area (TPSA) is 74.6 Å². The summed E-state index contributed by atoms with van der Waals surface area (Å²) >= 11 is 0. The van der Waals surface area contributed by atoms with Gasteiger partial charge in [0.2, 0.25) is 0 Å². The maximum Gasteiger partial charge on any atom is 2.00 e. The predicted octanol–water partition coefficient (Wildman–Crippen LogP) is -0.0539. The second-order valence-electron chi connectivity index (χ2n) is 1.48. The molecule has 0 heterocycles. The van der Waals surface area contributed by atoms with Gasteiger partial charge in [0.1, 0.15) is 0 Å². The molecule has 0 bridgehead atoms. The van der Waals surface area contributed by atoms with E-state index in [1.165, 1.54) is 0 Å². The van der Waals surface area contributed by atoms with Crippen molar-refractivity contribution < 1.29 is 22.7 Å². The first-order chi connectivity index (χ1) is 4.04. The van der Waals surface area contributed by atoms with Crippen molar-refractivity contribution in [3.8, 4) is 0 Å². The molecule has 2 N–H and O–H groups in total. The summed E-state index contributed by atoms with van der Waals surface area (Å²) in [5.74, 6) is -2.44. The molecule has 4 nitrogen and oxygen atoms in total. The van der Waals surface area contributed by atoms with Crippen LogP contribution in [0.5, 0.6) is 0 Å². The van der Waals surface area contributed by atoms with Gasteiger partial charge in [0.15, 0.2) is 0 Å². The van der Waals surface area contributed by atoms with Crippen LogP contribution in [0.4, 0.5) is 0 Å². The van der Waals surface area contributed by atoms with Gasteiger partial charge in [0, 0.05) is 5.57 Å². The third-order valence-electron chi connectivity index (χ3n) is 0.667. The average molecular weight is 269 g/mol. The minimum Gasteiger partial charge on any atom is -1.00 e. The van der Waals surface area contributed by atoms with Gasteiger partial charge in [-0.25, -0.2) is 4.79 Å². The van der Waals surface area contributed by atoms with Gasteiger partial charge in [-0.15, -0.1) is 0 Å². The largest absolute Gasteiger partial charge is 2.00 e. The van der Waals surface area contributed by atoms with Gasteiger partial charge in [0.05, 0.1) is 6.42 Å². The van der Waals surface area contributed by atoms with Gasteiger partial charge in [-0.3, -0.25) is 4.79 Å². The molecular formula is C5H8BaO4. The van der Waals surface area contributed by atoms with Crippen molar-refractivity contribution in [3.63, 3.8) is 0 Å². The van der Waals surface area contributed by atoms with Crippen LogP contribution in [0.2, 0.25) is 0 Å². The summed E-state index contributed by atoms with van der Waals surface area (Å²) in [4.78, 5) is 19.7. The van der Waals surface area contributed by atoms with Gasteiger partial charge < -0.3 is 13.1 Å². The Balaban J connectivity index is -0.000000107. The third-order valence-corrected chi connectivity index (χ3v) is 0.667. The molecule has 0 aromatic carbocycles. The van der Waals surface area contributed by atoms with Crippen LogP contribution in [0.25, 0.3) is 0 Å². The van der Waals surface area contributed by atoms with E-state index in [0.29, 0.717) is 0 Å². The number of carboxylic acid groups (broad SMARTS) is 2. The van der Waals surface area contributed by atoms with Crippen molar-refractivity contribution in [1.29, 1.82) is 0 Å². The van der Waals surface area contributed by atoms with Crippen molar-refractivity contribution in [2.75, 3.05) is 0 Å². The molecule has 0 rings (SSSR count). The van der Waals surface area contributed by atoms with E-state index in [0.717, 1.165) is 0 Å². The van der Waals surface area contributed by atoms with Crippen molar-refractivity contribution in [1.82, 2.24) is 0 Å². The van der Waals surface area contributed by atoms with Crippen LogP contribution in [0, 0.1) is 0 Å². The Kier molecular flexibility index (Phi) is 7.72. The Morgan fingerprint density at radius 3 is 1.90 bits per heavy atom. The molecule has 0 atom stereocenters. The number of rotatable bonds is 3. The molecule has 0 fully saturated rings. The van der Waals surface area contributed by atoms with Crippen LogP contribution >= 0.6 is 0 Å². The molecule has 0 aromatic rings. The molecule has 54 valence electrons. The number of hydrogen-bond donors (Lipinski definition) is 2. The Morgan fingerprint density at radius 2 is 1.80 bits per heavy atom. The van der Waals surface area contributed by atoms with E-state index in [-0.39, 0.29) is 57.3 Å². The standard InChI is InChI=1S/C5H6O4.Ba.2H/c1-3(5(8)9)2-4(6)7;;;/h1-2H2,(H,6,7)(H,8,9);;;/q;+2;2*-1. The first kappa shape index (κ1) is 12.9. The summed E-state index contributed by atoms with van der Waals surface area (Å²) in [5.41, 5.74) is -0.303. The number of carbonyl (C=O) groups is 2. The fourth-order valence-electron chi connectivity index (χ4n) is 0.258. The molecule has 0 aliphatic heterocycles. The Bertz CT molecular complexity index is 171. The van der Waals surface area contributed by atoms with E-state index in [9.17, 15) is 9.59 Å². The van der Waals surface area contributed by atoms with Crippen LogP contribution in [0.1, 0.15) is 9.27 Å². The monoisotopic (exact) mass is 270 g/mol. The zero-order valence-electron chi connectivity index (χ0n) is 7.33. The van der Waals surface area contributed by atoms with E-state index in [2.05, 4.69) is 6.58 Å². The molecule has 0 aliphatic carbocycles. The van der Waals surface area contributed by atoms with E-state index in [4.69, 9.17) is 10.2 Å². The molecular weight excluding hydrogens is 261 g/mol. The minimum atomic E-state index is -1.27. The molecule has 0 saturated heterocycles. The maximum atomic E-state index is 9.87. The van der Waals surface area contributed by atoms with E-state index < -0.39 is 18.4 Å². The first-order valence-electron chi connectivity index (χ1n) is 2.17. The third kappa shape index (κ3) is 6.37. The molecule has 10 heavy (non-hydrogen) atoms. The summed E-state index contributed by atoms with van der Waals surface area (Å²) in [7, 11) is 0. The first-order valence-corrected chi connectivity index (χ1v) is 2.17. The van der Waals surface area contributed by atoms with Gasteiger partial charge in [-0.2, -0.15) is 0 Å². The fraction of sp³-hybridized carbons (Fsp3) is 0.200. The van der Waals surface area contributed by atoms with Crippen molar-refractivity contribution >= 4 is 60.8 Å². The van der Waals surface area contributed by atoms with Crippen LogP contribution < -0.4 is 0 Å². The van der Waals surface area contributed by atoms with E-state index >= 15 is 0 Å². The fourth-order valence-corrected chi connectivity index (χ4v) is 0.258. The Morgan fingerprint density at radius 1 is 1.40 bits per heavy atom. The van der Waals surface area contributed by atoms with E-state index in [1.807, 2.05) is 0 Å². The zero-order chi connectivity index (χ0) is 7.44. The second kappa shape index (κ2) is 5.99. The summed E-state index contributed by atoms with van der Waals surface area (Å²) in [6.07, 6.45) is -0.505. The maximum absolute atomic E-state index is 9.87. The SMILES string of the molecule is C=C(CC(=O)O)C(=O)O.[Ba+2].[H-].[H-]. The Labute approximate surface area is 101 Å². The molecule has 0 radical (unpaired) electrons. The number of carboxylic acids is 2. The summed E-state index contributed by atoms with van der Waals surface area (Å²) in [5, 5.41) is 16.1. The molecule has 0 aromatic heterocycles. The van der Waals surface area contributed by atoms with Gasteiger partial charge >= 0.3 is 60.8 Å². The summed E-state index contributed by atoms with van der Waals surface area (Å²) in [6, 6.07) is 0. The molecule has 0 spiro atoms. The quantitative estimate of drug-likeness (QED) is 0.556. The van der Waals surface area contributed by atoms with Crippen LogP contribution in [0.3, 0.4) is 0 Å². The van der Waals surface area contributed by atoms with Crippen molar-refractivity contribution in [2.24, 2.45) is 0 Å². The van der Waals surface area contributed by atoms with Gasteiger partial charge in [0.25, 0.3) is 0 Å². The summed E-state index contributed by atoms with van der Waals surface area (Å²) in [6.45, 7) is 3.01. The van der Waals surface area contributed by atoms with Crippen molar-refractivity contribution in [2.45, 2.75) is 6.42 Å². The van der Waals surface area contributed by atoms with Gasteiger partial charge in [-0.1, -0.05) is 6.58 Å². The molecule has 0 amide bonds. The summed E-state index contributed by atoms with van der Waals surface area (Å²) < 4.78 is 0. The average Bonchev–Trinajstić information content (AvgIpc) is 1.63. The molecule has 0 saturated carbocycles. The van der Waals surface area contributed by atoms with Crippen molar-refractivity contribution in [3.05, 3.63) is 12.2 Å². The minimum absolute atomic E-state index is 0. The molecule has 5 heteroatoms. The number of hydrogen-bond acceptors (Lipinski definition) is 2. The van der Waals surface area contributed by atoms with Crippen LogP contribution in [0.15, 0.2) is 12.2 Å². The smallest absolute Gasteiger partial charge is 1.00 e. The van der Waals surface area contributed by atoms with Crippen LogP contribution in [-0.4, -0.2) is 71.0 Å².